The molecule has 17 heavy (non-hydrogen) atoms. The molecule has 94 valence electrons. The van der Waals surface area contributed by atoms with E-state index in [0.717, 1.165) is 17.5 Å². The highest BCUT2D eigenvalue weighted by molar-refractivity contribution is 6.30. The molecular formula is C12H15Cl2NO2. The van der Waals surface area contributed by atoms with Gasteiger partial charge in [0, 0.05) is 11.4 Å². The Balaban J connectivity index is 3.05. The Morgan fingerprint density at radius 3 is 2.59 bits per heavy atom. The molecule has 1 atom stereocenters. The lowest BCUT2D eigenvalue weighted by Gasteiger charge is -2.23. The normalized spacial score (nSPS) is 14.4. The van der Waals surface area contributed by atoms with Crippen LogP contribution in [0.15, 0.2) is 18.2 Å². The van der Waals surface area contributed by atoms with Crippen molar-refractivity contribution in [2.45, 2.75) is 25.3 Å². The van der Waals surface area contributed by atoms with E-state index < -0.39 is 11.5 Å². The second-order valence-corrected chi connectivity index (χ2v) is 4.74. The SMILES string of the molecule is CCc1cc(Cl)ccc1CC(N)(CCl)C(=O)O. The van der Waals surface area contributed by atoms with Gasteiger partial charge in [-0.1, -0.05) is 24.6 Å². The number of aliphatic carboxylic acids is 1. The summed E-state index contributed by atoms with van der Waals surface area (Å²) in [4.78, 5) is 11.1. The highest BCUT2D eigenvalue weighted by Crippen LogP contribution is 2.21. The average molecular weight is 276 g/mol. The Bertz CT molecular complexity index is 423. The summed E-state index contributed by atoms with van der Waals surface area (Å²) in [6.45, 7) is 1.98. The predicted molar refractivity (Wildman–Crippen MR) is 69.8 cm³/mol. The second-order valence-electron chi connectivity index (χ2n) is 4.04. The minimum Gasteiger partial charge on any atom is -0.480 e. The maximum absolute atomic E-state index is 11.1. The number of carboxylic acids is 1. The summed E-state index contributed by atoms with van der Waals surface area (Å²) < 4.78 is 0. The Kier molecular flexibility index (Phi) is 4.80. The van der Waals surface area contributed by atoms with Crippen molar-refractivity contribution in [2.75, 3.05) is 5.88 Å². The van der Waals surface area contributed by atoms with Crippen molar-refractivity contribution in [1.82, 2.24) is 0 Å². The molecule has 0 bridgehead atoms. The van der Waals surface area contributed by atoms with Gasteiger partial charge in [-0.25, -0.2) is 0 Å². The van der Waals surface area contributed by atoms with Crippen molar-refractivity contribution >= 4 is 29.2 Å². The third-order valence-electron chi connectivity index (χ3n) is 2.72. The first-order chi connectivity index (χ1) is 7.92. The van der Waals surface area contributed by atoms with Gasteiger partial charge in [0.05, 0.1) is 5.88 Å². The summed E-state index contributed by atoms with van der Waals surface area (Å²) in [5.74, 6) is -1.22. The zero-order valence-corrected chi connectivity index (χ0v) is 11.1. The largest absolute Gasteiger partial charge is 0.480 e. The maximum atomic E-state index is 11.1. The van der Waals surface area contributed by atoms with E-state index in [-0.39, 0.29) is 12.3 Å². The number of carboxylic acid groups (broad SMARTS) is 1. The molecule has 0 aromatic heterocycles. The van der Waals surface area contributed by atoms with E-state index >= 15 is 0 Å². The van der Waals surface area contributed by atoms with Gasteiger partial charge in [-0.3, -0.25) is 4.79 Å². The van der Waals surface area contributed by atoms with Gasteiger partial charge in [-0.15, -0.1) is 11.6 Å². The third kappa shape index (κ3) is 3.35. The van der Waals surface area contributed by atoms with E-state index in [2.05, 4.69) is 0 Å². The summed E-state index contributed by atoms with van der Waals surface area (Å²) in [6, 6.07) is 5.36. The first-order valence-electron chi connectivity index (χ1n) is 5.28. The van der Waals surface area contributed by atoms with E-state index in [0.29, 0.717) is 5.02 Å². The van der Waals surface area contributed by atoms with Gasteiger partial charge in [-0.05, 0) is 29.7 Å². The van der Waals surface area contributed by atoms with Crippen molar-refractivity contribution in [3.63, 3.8) is 0 Å². The van der Waals surface area contributed by atoms with Crippen molar-refractivity contribution in [2.24, 2.45) is 5.73 Å². The molecule has 1 rings (SSSR count). The molecule has 0 saturated carbocycles. The topological polar surface area (TPSA) is 63.3 Å². The lowest BCUT2D eigenvalue weighted by molar-refractivity contribution is -0.142. The van der Waals surface area contributed by atoms with E-state index in [1.165, 1.54) is 0 Å². The van der Waals surface area contributed by atoms with Crippen LogP contribution in [0.3, 0.4) is 0 Å². The fourth-order valence-corrected chi connectivity index (χ4v) is 2.02. The molecule has 0 aliphatic heterocycles. The van der Waals surface area contributed by atoms with Crippen LogP contribution in [0.25, 0.3) is 0 Å². The number of benzene rings is 1. The lowest BCUT2D eigenvalue weighted by Crippen LogP contribution is -2.51. The van der Waals surface area contributed by atoms with Crippen molar-refractivity contribution in [3.05, 3.63) is 34.3 Å². The number of rotatable bonds is 5. The van der Waals surface area contributed by atoms with Crippen LogP contribution in [0.2, 0.25) is 5.02 Å². The Hall–Kier alpha value is -0.770. The molecule has 3 nitrogen and oxygen atoms in total. The zero-order chi connectivity index (χ0) is 13.1. The number of nitrogens with two attached hydrogens (primary N) is 1. The van der Waals surface area contributed by atoms with E-state index in [9.17, 15) is 4.79 Å². The molecule has 0 aliphatic rings. The van der Waals surface area contributed by atoms with Crippen molar-refractivity contribution in [1.29, 1.82) is 0 Å². The summed E-state index contributed by atoms with van der Waals surface area (Å²) in [5.41, 5.74) is 6.21. The molecule has 3 N–H and O–H groups in total. The number of alkyl halides is 1. The van der Waals surface area contributed by atoms with Gasteiger partial charge in [0.2, 0.25) is 0 Å². The van der Waals surface area contributed by atoms with Gasteiger partial charge in [0.25, 0.3) is 0 Å². The van der Waals surface area contributed by atoms with Crippen LogP contribution < -0.4 is 5.73 Å². The Morgan fingerprint density at radius 1 is 1.47 bits per heavy atom. The highest BCUT2D eigenvalue weighted by Gasteiger charge is 2.33. The lowest BCUT2D eigenvalue weighted by atomic mass is 9.90. The maximum Gasteiger partial charge on any atom is 0.325 e. The van der Waals surface area contributed by atoms with Crippen LogP contribution in [-0.4, -0.2) is 22.5 Å². The molecule has 0 radical (unpaired) electrons. The van der Waals surface area contributed by atoms with Gasteiger partial charge in [0.15, 0.2) is 0 Å². The van der Waals surface area contributed by atoms with E-state index in [1.807, 2.05) is 13.0 Å². The molecule has 1 aromatic rings. The number of carbonyl (C=O) groups is 1. The minimum atomic E-state index is -1.43. The Labute approximate surface area is 111 Å². The molecule has 5 heteroatoms. The van der Waals surface area contributed by atoms with Crippen molar-refractivity contribution in [3.8, 4) is 0 Å². The van der Waals surface area contributed by atoms with E-state index in [4.69, 9.17) is 34.0 Å². The van der Waals surface area contributed by atoms with Crippen LogP contribution in [0, 0.1) is 0 Å². The zero-order valence-electron chi connectivity index (χ0n) is 9.54. The quantitative estimate of drug-likeness (QED) is 0.812. The summed E-state index contributed by atoms with van der Waals surface area (Å²) in [7, 11) is 0. The molecule has 0 fully saturated rings. The molecule has 0 saturated heterocycles. The van der Waals surface area contributed by atoms with Gasteiger partial charge in [-0.2, -0.15) is 0 Å². The van der Waals surface area contributed by atoms with Crippen LogP contribution in [0.4, 0.5) is 0 Å². The van der Waals surface area contributed by atoms with Gasteiger partial charge in [0.1, 0.15) is 5.54 Å². The first-order valence-corrected chi connectivity index (χ1v) is 6.19. The predicted octanol–water partition coefficient (Wildman–Crippen LogP) is 2.47. The average Bonchev–Trinajstić information content (AvgIpc) is 2.30. The highest BCUT2D eigenvalue weighted by atomic mass is 35.5. The second kappa shape index (κ2) is 5.71. The van der Waals surface area contributed by atoms with Crippen LogP contribution in [0.1, 0.15) is 18.1 Å². The fraction of sp³-hybridized carbons (Fsp3) is 0.417. The van der Waals surface area contributed by atoms with E-state index in [1.54, 1.807) is 12.1 Å². The molecule has 1 unspecified atom stereocenters. The molecule has 1 aromatic carbocycles. The summed E-state index contributed by atoms with van der Waals surface area (Å²) >= 11 is 11.5. The van der Waals surface area contributed by atoms with Crippen molar-refractivity contribution < 1.29 is 9.90 Å². The Morgan fingerprint density at radius 2 is 2.12 bits per heavy atom. The number of hydrogen-bond acceptors (Lipinski definition) is 2. The number of halogens is 2. The minimum absolute atomic E-state index is 0.131. The monoisotopic (exact) mass is 275 g/mol. The molecule has 0 heterocycles. The van der Waals surface area contributed by atoms with Crippen LogP contribution >= 0.6 is 23.2 Å². The molecule has 0 amide bonds. The standard InChI is InChI=1S/C12H15Cl2NO2/c1-2-8-5-10(14)4-3-9(8)6-12(15,7-13)11(16)17/h3-5H,2,6-7,15H2,1H3,(H,16,17). The number of aryl methyl sites for hydroxylation is 1. The third-order valence-corrected chi connectivity index (χ3v) is 3.43. The molecular weight excluding hydrogens is 261 g/mol. The van der Waals surface area contributed by atoms with Gasteiger partial charge < -0.3 is 10.8 Å². The summed E-state index contributed by atoms with van der Waals surface area (Å²) in [6.07, 6.45) is 0.972. The van der Waals surface area contributed by atoms with Gasteiger partial charge >= 0.3 is 5.97 Å². The first kappa shape index (κ1) is 14.3. The molecule has 0 spiro atoms. The molecule has 0 aliphatic carbocycles. The van der Waals surface area contributed by atoms with Crippen LogP contribution in [0.5, 0.6) is 0 Å². The summed E-state index contributed by atoms with van der Waals surface area (Å²) in [5, 5.41) is 9.71. The number of hydrogen-bond donors (Lipinski definition) is 2. The smallest absolute Gasteiger partial charge is 0.325 e. The van der Waals surface area contributed by atoms with Crippen LogP contribution in [-0.2, 0) is 17.6 Å². The fourth-order valence-electron chi connectivity index (χ4n) is 1.62.